The molecule has 0 unspecified atom stereocenters. The van der Waals surface area contributed by atoms with Crippen LogP contribution in [0.3, 0.4) is 0 Å². The number of likely N-dealkylation sites (N-methyl/N-ethyl adjacent to an activating group) is 1. The smallest absolute Gasteiger partial charge is 0.353 e. The van der Waals surface area contributed by atoms with Gasteiger partial charge in [-0.2, -0.15) is 4.68 Å². The number of rotatable bonds is 2. The number of alkyl halides is 3. The molecule has 3 rings (SSSR count). The molecule has 0 radical (unpaired) electrons. The molecule has 0 amide bonds. The lowest BCUT2D eigenvalue weighted by Gasteiger charge is -2.32. The Morgan fingerprint density at radius 2 is 1.61 bits per heavy atom. The molecule has 7 heteroatoms. The Hall–Kier alpha value is -2.02. The first kappa shape index (κ1) is 15.9. The van der Waals surface area contributed by atoms with Crippen molar-refractivity contribution in [3.8, 4) is 11.3 Å². The maximum Gasteiger partial charge on any atom is 0.505 e. The molecule has 4 nitrogen and oxygen atoms in total. The summed E-state index contributed by atoms with van der Waals surface area (Å²) in [5, 5.41) is 3.83. The van der Waals surface area contributed by atoms with E-state index in [0.717, 1.165) is 18.7 Å². The Balaban J connectivity index is 1.99. The van der Waals surface area contributed by atoms with Crippen molar-refractivity contribution < 1.29 is 13.2 Å². The van der Waals surface area contributed by atoms with Crippen LogP contribution in [-0.2, 0) is 6.30 Å². The van der Waals surface area contributed by atoms with Gasteiger partial charge >= 0.3 is 6.30 Å². The number of halogens is 3. The molecule has 1 aromatic carbocycles. The van der Waals surface area contributed by atoms with Crippen LogP contribution >= 0.6 is 0 Å². The highest BCUT2D eigenvalue weighted by molar-refractivity contribution is 5.64. The van der Waals surface area contributed by atoms with Crippen molar-refractivity contribution in [3.05, 3.63) is 35.9 Å². The Kier molecular flexibility index (Phi) is 4.06. The van der Waals surface area contributed by atoms with Crippen molar-refractivity contribution in [2.75, 3.05) is 38.1 Å². The molecule has 2 heterocycles. The van der Waals surface area contributed by atoms with Gasteiger partial charge in [0, 0.05) is 37.8 Å². The average molecular weight is 324 g/mol. The molecule has 1 fully saturated rings. The van der Waals surface area contributed by atoms with Crippen LogP contribution in [0.15, 0.2) is 30.3 Å². The zero-order valence-corrected chi connectivity index (χ0v) is 13.1. The third-order valence-electron chi connectivity index (χ3n) is 4.11. The third kappa shape index (κ3) is 3.34. The number of benzene rings is 1. The molecule has 0 N–H and O–H groups in total. The second kappa shape index (κ2) is 5.88. The second-order valence-electron chi connectivity index (χ2n) is 5.92. The molecule has 0 bridgehead atoms. The number of hydrogen-bond donors (Lipinski definition) is 0. The minimum absolute atomic E-state index is 0.0754. The van der Waals surface area contributed by atoms with E-state index in [1.54, 1.807) is 24.3 Å². The van der Waals surface area contributed by atoms with E-state index in [0.29, 0.717) is 24.5 Å². The van der Waals surface area contributed by atoms with Gasteiger partial charge in [0.25, 0.3) is 0 Å². The van der Waals surface area contributed by atoms with Gasteiger partial charge in [0.1, 0.15) is 0 Å². The van der Waals surface area contributed by atoms with E-state index in [-0.39, 0.29) is 10.4 Å². The fraction of sp³-hybridized carbons (Fsp3) is 0.438. The zero-order chi connectivity index (χ0) is 16.6. The number of anilines is 1. The number of aromatic nitrogens is 2. The van der Waals surface area contributed by atoms with Crippen LogP contribution < -0.4 is 4.90 Å². The summed E-state index contributed by atoms with van der Waals surface area (Å²) in [5.41, 5.74) is 1.60. The quantitative estimate of drug-likeness (QED) is 0.848. The predicted molar refractivity (Wildman–Crippen MR) is 83.4 cm³/mol. The molecule has 0 saturated carbocycles. The molecule has 23 heavy (non-hydrogen) atoms. The van der Waals surface area contributed by atoms with Crippen LogP contribution in [-0.4, -0.2) is 47.9 Å². The summed E-state index contributed by atoms with van der Waals surface area (Å²) < 4.78 is 40.2. The fourth-order valence-electron chi connectivity index (χ4n) is 2.68. The van der Waals surface area contributed by atoms with Crippen LogP contribution in [0.2, 0.25) is 0 Å². The van der Waals surface area contributed by atoms with Crippen LogP contribution in [0.25, 0.3) is 11.3 Å². The fourth-order valence-corrected chi connectivity index (χ4v) is 2.68. The summed E-state index contributed by atoms with van der Waals surface area (Å²) in [6, 6.07) is 8.53. The molecule has 0 aliphatic carbocycles. The van der Waals surface area contributed by atoms with E-state index in [1.807, 2.05) is 18.9 Å². The molecule has 0 atom stereocenters. The van der Waals surface area contributed by atoms with Crippen LogP contribution in [0.1, 0.15) is 5.56 Å². The van der Waals surface area contributed by atoms with Crippen molar-refractivity contribution in [2.24, 2.45) is 0 Å². The Labute approximate surface area is 133 Å². The summed E-state index contributed by atoms with van der Waals surface area (Å²) in [5.74, 6) is 0.381. The van der Waals surface area contributed by atoms with Crippen molar-refractivity contribution in [1.29, 1.82) is 0 Å². The molecule has 1 aliphatic heterocycles. The van der Waals surface area contributed by atoms with Gasteiger partial charge in [-0.15, -0.1) is 18.3 Å². The third-order valence-corrected chi connectivity index (χ3v) is 4.11. The summed E-state index contributed by atoms with van der Waals surface area (Å²) in [6.45, 7) is 4.90. The number of hydrogen-bond acceptors (Lipinski definition) is 3. The summed E-state index contributed by atoms with van der Waals surface area (Å²) in [4.78, 5) is 4.05. The first-order valence-corrected chi connectivity index (χ1v) is 7.52. The van der Waals surface area contributed by atoms with E-state index in [1.165, 1.54) is 6.07 Å². The first-order valence-electron chi connectivity index (χ1n) is 7.52. The van der Waals surface area contributed by atoms with E-state index in [4.69, 9.17) is 0 Å². The van der Waals surface area contributed by atoms with Crippen molar-refractivity contribution in [1.82, 2.24) is 14.7 Å². The maximum absolute atomic E-state index is 13.3. The Morgan fingerprint density at radius 1 is 1.00 bits per heavy atom. The van der Waals surface area contributed by atoms with Crippen molar-refractivity contribution in [2.45, 2.75) is 13.2 Å². The largest absolute Gasteiger partial charge is 0.505 e. The van der Waals surface area contributed by atoms with E-state index >= 15 is 0 Å². The summed E-state index contributed by atoms with van der Waals surface area (Å²) in [7, 11) is 2.00. The molecular formula is C16H19F3N4. The lowest BCUT2D eigenvalue weighted by atomic mass is 10.1. The predicted octanol–water partition coefficient (Wildman–Crippen LogP) is 3.09. The van der Waals surface area contributed by atoms with Gasteiger partial charge in [-0.05, 0) is 14.0 Å². The molecule has 0 spiro atoms. The minimum Gasteiger partial charge on any atom is -0.353 e. The number of nitrogens with zero attached hydrogens (tertiary/aromatic N) is 4. The Bertz CT molecular complexity index is 668. The van der Waals surface area contributed by atoms with Gasteiger partial charge in [-0.3, -0.25) is 0 Å². The molecular weight excluding hydrogens is 305 g/mol. The molecule has 124 valence electrons. The topological polar surface area (TPSA) is 24.3 Å². The van der Waals surface area contributed by atoms with Gasteiger partial charge in [-0.25, -0.2) is 0 Å². The first-order chi connectivity index (χ1) is 10.8. The van der Waals surface area contributed by atoms with E-state index in [2.05, 4.69) is 10.00 Å². The van der Waals surface area contributed by atoms with Gasteiger partial charge < -0.3 is 9.80 Å². The Morgan fingerprint density at radius 3 is 2.17 bits per heavy atom. The van der Waals surface area contributed by atoms with Gasteiger partial charge in [0.15, 0.2) is 5.82 Å². The normalized spacial score (nSPS) is 16.8. The standard InChI is InChI=1S/C16H19F3N4/c1-12-3-5-13(6-4-12)14-11-15(20-23(14)16(17,18)19)22-9-7-21(2)8-10-22/h3-6,11H,7-10H2,1-2H3. The SMILES string of the molecule is Cc1ccc(-c2cc(N3CCN(C)CC3)nn2C(F)(F)F)cc1. The minimum atomic E-state index is -4.54. The lowest BCUT2D eigenvalue weighted by molar-refractivity contribution is -0.210. The zero-order valence-electron chi connectivity index (χ0n) is 13.1. The maximum atomic E-state index is 13.3. The van der Waals surface area contributed by atoms with Crippen LogP contribution in [0.4, 0.5) is 19.0 Å². The monoisotopic (exact) mass is 324 g/mol. The van der Waals surface area contributed by atoms with Crippen LogP contribution in [0.5, 0.6) is 0 Å². The van der Waals surface area contributed by atoms with Gasteiger partial charge in [-0.1, -0.05) is 29.8 Å². The van der Waals surface area contributed by atoms with Crippen molar-refractivity contribution in [3.63, 3.8) is 0 Å². The van der Waals surface area contributed by atoms with Gasteiger partial charge in [0.05, 0.1) is 5.69 Å². The summed E-state index contributed by atoms with van der Waals surface area (Å²) in [6.07, 6.45) is -4.54. The van der Waals surface area contributed by atoms with Gasteiger partial charge in [0.2, 0.25) is 0 Å². The lowest BCUT2D eigenvalue weighted by Crippen LogP contribution is -2.44. The highest BCUT2D eigenvalue weighted by atomic mass is 19.4. The van der Waals surface area contributed by atoms with Crippen LogP contribution in [0, 0.1) is 6.92 Å². The van der Waals surface area contributed by atoms with E-state index in [9.17, 15) is 13.2 Å². The summed E-state index contributed by atoms with van der Waals surface area (Å²) >= 11 is 0. The molecule has 1 saturated heterocycles. The second-order valence-corrected chi connectivity index (χ2v) is 5.92. The highest BCUT2D eigenvalue weighted by Crippen LogP contribution is 2.33. The molecule has 1 aromatic heterocycles. The number of aryl methyl sites for hydroxylation is 1. The molecule has 1 aliphatic rings. The number of piperazine rings is 1. The van der Waals surface area contributed by atoms with Crippen molar-refractivity contribution >= 4 is 5.82 Å². The molecule has 2 aromatic rings. The van der Waals surface area contributed by atoms with E-state index < -0.39 is 6.30 Å². The average Bonchev–Trinajstić information content (AvgIpc) is 2.94. The highest BCUT2D eigenvalue weighted by Gasteiger charge is 2.36.